The van der Waals surface area contributed by atoms with Crippen LogP contribution in [0.25, 0.3) is 11.5 Å². The number of benzene rings is 4. The summed E-state index contributed by atoms with van der Waals surface area (Å²) in [6.07, 6.45) is 0. The molecule has 1 heterocycles. The molecule has 0 fully saturated rings. The summed E-state index contributed by atoms with van der Waals surface area (Å²) >= 11 is 4.39. The summed E-state index contributed by atoms with van der Waals surface area (Å²) in [5.41, 5.74) is 2.12. The summed E-state index contributed by atoms with van der Waals surface area (Å²) in [7, 11) is 0. The van der Waals surface area contributed by atoms with Gasteiger partial charge in [0, 0.05) is 0 Å². The number of halogens is 1. The van der Waals surface area contributed by atoms with Crippen LogP contribution in [0.4, 0.5) is 0 Å². The Balaban J connectivity index is 1.87. The topological polar surface area (TPSA) is 9.23 Å². The summed E-state index contributed by atoms with van der Waals surface area (Å²) < 4.78 is 6.55. The van der Waals surface area contributed by atoms with Crippen molar-refractivity contribution in [3.63, 3.8) is 0 Å². The first-order valence-electron chi connectivity index (χ1n) is 10.3. The van der Waals surface area contributed by atoms with Gasteiger partial charge in [0.2, 0.25) is 0 Å². The van der Waals surface area contributed by atoms with Gasteiger partial charge in [0.05, 0.1) is 0 Å². The first-order chi connectivity index (χ1) is 15.2. The molecule has 4 aromatic carbocycles. The summed E-state index contributed by atoms with van der Waals surface area (Å²) in [5, 5.41) is -0.596. The van der Waals surface area contributed by atoms with Gasteiger partial charge in [0.25, 0.3) is 0 Å². The number of hydrogen-bond acceptors (Lipinski definition) is 1. The molecule has 0 amide bonds. The molecule has 5 rings (SSSR count). The standard InChI is InChI=1S/C28H22BrOP/c29-31(25-17-9-3-10-18-25,26-19-11-4-12-20-26)21-27(23-13-5-1-6-14-23)30-28(22-31)24-15-7-2-8-16-24/h1-22H. The Kier molecular flexibility index (Phi) is 5.14. The van der Waals surface area contributed by atoms with Crippen LogP contribution in [0, 0.1) is 0 Å². The van der Waals surface area contributed by atoms with Crippen molar-refractivity contribution < 1.29 is 4.74 Å². The zero-order valence-corrected chi connectivity index (χ0v) is 19.4. The molecule has 3 heteroatoms. The first kappa shape index (κ1) is 20.0. The zero-order valence-electron chi connectivity index (χ0n) is 16.9. The molecular formula is C28H22BrOP. The van der Waals surface area contributed by atoms with E-state index >= 15 is 0 Å². The van der Waals surface area contributed by atoms with E-state index in [0.717, 1.165) is 22.6 Å². The van der Waals surface area contributed by atoms with Crippen LogP contribution in [0.1, 0.15) is 11.1 Å². The van der Waals surface area contributed by atoms with Crippen molar-refractivity contribution in [2.75, 3.05) is 0 Å². The van der Waals surface area contributed by atoms with Crippen LogP contribution in [-0.2, 0) is 4.74 Å². The van der Waals surface area contributed by atoms with Gasteiger partial charge in [0.15, 0.2) is 0 Å². The van der Waals surface area contributed by atoms with E-state index in [1.165, 1.54) is 10.6 Å². The maximum absolute atomic E-state index is 6.55. The molecule has 4 aromatic rings. The third kappa shape index (κ3) is 3.57. The van der Waals surface area contributed by atoms with Gasteiger partial charge in [-0.05, 0) is 0 Å². The Morgan fingerprint density at radius 1 is 0.452 bits per heavy atom. The van der Waals surface area contributed by atoms with Gasteiger partial charge in [-0.2, -0.15) is 0 Å². The Hall–Kier alpha value is -2.93. The van der Waals surface area contributed by atoms with E-state index < -0.39 is 5.31 Å². The number of ether oxygens (including phenoxy) is 1. The summed E-state index contributed by atoms with van der Waals surface area (Å²) in [5.74, 6) is 6.37. The van der Waals surface area contributed by atoms with Gasteiger partial charge in [-0.1, -0.05) is 0 Å². The van der Waals surface area contributed by atoms with Gasteiger partial charge in [-0.15, -0.1) is 0 Å². The summed E-state index contributed by atoms with van der Waals surface area (Å²) in [6.45, 7) is 0. The van der Waals surface area contributed by atoms with Crippen LogP contribution < -0.4 is 10.6 Å². The fourth-order valence-corrected chi connectivity index (χ4v) is 10.4. The van der Waals surface area contributed by atoms with E-state index in [1.807, 2.05) is 36.4 Å². The molecule has 0 spiro atoms. The molecule has 1 aliphatic rings. The van der Waals surface area contributed by atoms with Crippen molar-refractivity contribution >= 4 is 42.9 Å². The Labute approximate surface area is 191 Å². The molecule has 1 nitrogen and oxygen atoms in total. The van der Waals surface area contributed by atoms with E-state index in [9.17, 15) is 0 Å². The predicted molar refractivity (Wildman–Crippen MR) is 138 cm³/mol. The second kappa shape index (κ2) is 7.96. The van der Waals surface area contributed by atoms with Crippen molar-refractivity contribution in [3.05, 3.63) is 144 Å². The molecule has 152 valence electrons. The molecule has 0 radical (unpaired) electrons. The molecule has 0 atom stereocenters. The van der Waals surface area contributed by atoms with E-state index in [1.54, 1.807) is 0 Å². The Bertz CT molecular complexity index is 1150. The summed E-state index contributed by atoms with van der Waals surface area (Å²) in [4.78, 5) is 0. The average molecular weight is 485 g/mol. The molecule has 0 aromatic heterocycles. The Morgan fingerprint density at radius 3 is 1.13 bits per heavy atom. The molecular weight excluding hydrogens is 463 g/mol. The molecule has 0 bridgehead atoms. The van der Waals surface area contributed by atoms with E-state index in [-0.39, 0.29) is 0 Å². The van der Waals surface area contributed by atoms with Gasteiger partial charge >= 0.3 is 192 Å². The van der Waals surface area contributed by atoms with Crippen LogP contribution in [0.3, 0.4) is 0 Å². The van der Waals surface area contributed by atoms with Gasteiger partial charge < -0.3 is 0 Å². The first-order valence-corrected chi connectivity index (χ1v) is 14.7. The van der Waals surface area contributed by atoms with Crippen molar-refractivity contribution in [2.45, 2.75) is 0 Å². The Morgan fingerprint density at radius 2 is 0.774 bits per heavy atom. The molecule has 0 saturated carbocycles. The van der Waals surface area contributed by atoms with Crippen molar-refractivity contribution in [1.29, 1.82) is 0 Å². The minimum absolute atomic E-state index is 0.865. The molecule has 0 saturated heterocycles. The molecule has 0 N–H and O–H groups in total. The third-order valence-electron chi connectivity index (χ3n) is 5.64. The molecule has 1 aliphatic heterocycles. The SMILES string of the molecule is BrP1(c2ccccc2)(c2ccccc2)C=C(c2ccccc2)OC(c2ccccc2)=C1. The normalized spacial score (nSPS) is 17.9. The van der Waals surface area contributed by atoms with Crippen LogP contribution in [0.5, 0.6) is 0 Å². The monoisotopic (exact) mass is 484 g/mol. The van der Waals surface area contributed by atoms with Crippen molar-refractivity contribution in [3.8, 4) is 0 Å². The zero-order chi connectivity index (χ0) is 21.2. The van der Waals surface area contributed by atoms with Crippen molar-refractivity contribution in [2.24, 2.45) is 0 Å². The maximum atomic E-state index is 6.55. The second-order valence-electron chi connectivity index (χ2n) is 7.63. The second-order valence-corrected chi connectivity index (χ2v) is 16.1. The average Bonchev–Trinajstić information content (AvgIpc) is 2.86. The quantitative estimate of drug-likeness (QED) is 0.272. The van der Waals surface area contributed by atoms with Crippen LogP contribution in [0.15, 0.2) is 133 Å². The van der Waals surface area contributed by atoms with Crippen LogP contribution in [0.2, 0.25) is 0 Å². The number of rotatable bonds is 4. The fourth-order valence-electron chi connectivity index (χ4n) is 4.05. The van der Waals surface area contributed by atoms with Gasteiger partial charge in [-0.3, -0.25) is 0 Å². The number of hydrogen-bond donors (Lipinski definition) is 0. The predicted octanol–water partition coefficient (Wildman–Crippen LogP) is 7.53. The molecule has 0 aliphatic carbocycles. The minimum atomic E-state index is -3.08. The van der Waals surface area contributed by atoms with Crippen molar-refractivity contribution in [1.82, 2.24) is 0 Å². The fraction of sp³-hybridized carbons (Fsp3) is 0. The molecule has 31 heavy (non-hydrogen) atoms. The van der Waals surface area contributed by atoms with E-state index in [4.69, 9.17) is 4.74 Å². The third-order valence-corrected chi connectivity index (χ3v) is 13.5. The van der Waals surface area contributed by atoms with E-state index in [2.05, 4.69) is 112 Å². The van der Waals surface area contributed by atoms with Gasteiger partial charge in [0.1, 0.15) is 0 Å². The van der Waals surface area contributed by atoms with E-state index in [0.29, 0.717) is 0 Å². The molecule has 0 unspecified atom stereocenters. The van der Waals surface area contributed by atoms with Crippen LogP contribution in [-0.4, -0.2) is 0 Å². The summed E-state index contributed by atoms with van der Waals surface area (Å²) in [6, 6.07) is 42.1. The van der Waals surface area contributed by atoms with Gasteiger partial charge in [-0.25, -0.2) is 0 Å². The van der Waals surface area contributed by atoms with Crippen LogP contribution >= 0.6 is 20.8 Å².